The minimum Gasteiger partial charge on any atom is -0.497 e. The third-order valence-electron chi connectivity index (χ3n) is 4.98. The van der Waals surface area contributed by atoms with Gasteiger partial charge in [-0.15, -0.1) is 0 Å². The normalized spacial score (nSPS) is 14.4. The lowest BCUT2D eigenvalue weighted by Gasteiger charge is -2.09. The molecular weight excluding hydrogens is 456 g/mol. The van der Waals surface area contributed by atoms with Gasteiger partial charge in [0.25, 0.3) is 0 Å². The lowest BCUT2D eigenvalue weighted by Crippen LogP contribution is -2.05. The monoisotopic (exact) mass is 472 g/mol. The topological polar surface area (TPSA) is 60.8 Å². The molecule has 2 heterocycles. The molecule has 0 amide bonds. The zero-order valence-electron chi connectivity index (χ0n) is 17.5. The van der Waals surface area contributed by atoms with E-state index in [-0.39, 0.29) is 11.6 Å². The molecule has 0 N–H and O–H groups in total. The summed E-state index contributed by atoms with van der Waals surface area (Å²) in [6.45, 7) is 0. The van der Waals surface area contributed by atoms with Crippen LogP contribution in [0.25, 0.3) is 17.0 Å². The van der Waals surface area contributed by atoms with E-state index in [1.165, 1.54) is 11.8 Å². The van der Waals surface area contributed by atoms with E-state index in [0.717, 1.165) is 37.7 Å². The van der Waals surface area contributed by atoms with Crippen LogP contribution in [0.4, 0.5) is 0 Å². The Kier molecular flexibility index (Phi) is 5.86. The van der Waals surface area contributed by atoms with Crippen molar-refractivity contribution in [2.24, 2.45) is 4.99 Å². The number of hydrogen-bond acceptors (Lipinski definition) is 6. The zero-order chi connectivity index (χ0) is 22.8. The van der Waals surface area contributed by atoms with E-state index in [0.29, 0.717) is 5.02 Å². The minimum absolute atomic E-state index is 0.224. The Morgan fingerprint density at radius 3 is 2.55 bits per heavy atom. The number of aliphatic imine (C=N–C) groups is 1. The van der Waals surface area contributed by atoms with E-state index in [9.17, 15) is 4.79 Å². The predicted octanol–water partition coefficient (Wildman–Crippen LogP) is 6.39. The highest BCUT2D eigenvalue weighted by Gasteiger charge is 2.24. The van der Waals surface area contributed by atoms with E-state index >= 15 is 0 Å². The van der Waals surface area contributed by atoms with Crippen molar-refractivity contribution in [2.45, 2.75) is 9.92 Å². The molecule has 7 heteroatoms. The predicted molar refractivity (Wildman–Crippen MR) is 131 cm³/mol. The maximum absolute atomic E-state index is 12.6. The first-order valence-electron chi connectivity index (χ1n) is 10.1. The molecule has 3 aromatic carbocycles. The molecule has 0 fully saturated rings. The van der Waals surface area contributed by atoms with Gasteiger partial charge in [0.1, 0.15) is 10.8 Å². The molecule has 0 spiro atoms. The van der Waals surface area contributed by atoms with Crippen LogP contribution in [0.3, 0.4) is 0 Å². The van der Waals surface area contributed by atoms with E-state index < -0.39 is 5.97 Å². The molecule has 5 rings (SSSR count). The Hall–Kier alpha value is -3.61. The Bertz CT molecular complexity index is 1420. The fraction of sp³-hybridized carbons (Fsp3) is 0.0385. The van der Waals surface area contributed by atoms with E-state index in [1.54, 1.807) is 13.2 Å². The summed E-state index contributed by atoms with van der Waals surface area (Å²) in [4.78, 5) is 22.8. The molecule has 4 aromatic rings. The molecule has 1 aromatic heterocycles. The number of methoxy groups -OCH3 is 1. The number of aromatic nitrogens is 1. The fourth-order valence-electron chi connectivity index (χ4n) is 3.33. The lowest BCUT2D eigenvalue weighted by molar-refractivity contribution is -0.129. The third-order valence-corrected chi connectivity index (χ3v) is 6.26. The SMILES string of the molecule is COc1ccc2cc(C=C3N=C(c4ccccc4)OC3=O)c(Sc3ccc(Cl)cc3)nc2c1. The van der Waals surface area contributed by atoms with Crippen LogP contribution in [0.15, 0.2) is 99.5 Å². The minimum atomic E-state index is -0.494. The van der Waals surface area contributed by atoms with Crippen LogP contribution in [0.2, 0.25) is 5.02 Å². The van der Waals surface area contributed by atoms with Crippen molar-refractivity contribution in [2.75, 3.05) is 7.11 Å². The smallest absolute Gasteiger partial charge is 0.363 e. The van der Waals surface area contributed by atoms with Crippen LogP contribution in [0, 0.1) is 0 Å². The molecule has 0 atom stereocenters. The first-order valence-corrected chi connectivity index (χ1v) is 11.3. The van der Waals surface area contributed by atoms with Gasteiger partial charge in [0.2, 0.25) is 5.90 Å². The summed E-state index contributed by atoms with van der Waals surface area (Å²) in [6.07, 6.45) is 1.72. The van der Waals surface area contributed by atoms with E-state index in [1.807, 2.05) is 78.9 Å². The Balaban J connectivity index is 1.60. The van der Waals surface area contributed by atoms with Crippen molar-refractivity contribution >= 4 is 52.2 Å². The summed E-state index contributed by atoms with van der Waals surface area (Å²) in [5.74, 6) is 0.517. The Morgan fingerprint density at radius 2 is 1.79 bits per heavy atom. The van der Waals surface area contributed by atoms with Crippen molar-refractivity contribution in [1.29, 1.82) is 0 Å². The highest BCUT2D eigenvalue weighted by atomic mass is 35.5. The van der Waals surface area contributed by atoms with Crippen LogP contribution in [-0.2, 0) is 9.53 Å². The summed E-state index contributed by atoms with van der Waals surface area (Å²) in [5, 5.41) is 2.30. The molecule has 0 saturated carbocycles. The molecule has 0 saturated heterocycles. The summed E-state index contributed by atoms with van der Waals surface area (Å²) in [6, 6.07) is 24.5. The fourth-order valence-corrected chi connectivity index (χ4v) is 4.33. The molecular formula is C26H17ClN2O3S. The molecule has 1 aliphatic rings. The summed E-state index contributed by atoms with van der Waals surface area (Å²) >= 11 is 7.51. The van der Waals surface area contributed by atoms with Crippen LogP contribution < -0.4 is 4.74 Å². The van der Waals surface area contributed by atoms with Gasteiger partial charge in [-0.25, -0.2) is 14.8 Å². The largest absolute Gasteiger partial charge is 0.497 e. The van der Waals surface area contributed by atoms with Gasteiger partial charge >= 0.3 is 5.97 Å². The van der Waals surface area contributed by atoms with Gasteiger partial charge in [0.05, 0.1) is 12.6 Å². The van der Waals surface area contributed by atoms with E-state index in [2.05, 4.69) is 4.99 Å². The Labute approximate surface area is 199 Å². The highest BCUT2D eigenvalue weighted by Crippen LogP contribution is 2.34. The molecule has 33 heavy (non-hydrogen) atoms. The number of halogens is 1. The number of pyridine rings is 1. The third kappa shape index (κ3) is 4.62. The van der Waals surface area contributed by atoms with Gasteiger partial charge in [-0.2, -0.15) is 0 Å². The maximum Gasteiger partial charge on any atom is 0.363 e. The molecule has 1 aliphatic heterocycles. The average Bonchev–Trinajstić information content (AvgIpc) is 3.21. The second-order valence-electron chi connectivity index (χ2n) is 7.20. The van der Waals surface area contributed by atoms with Crippen molar-refractivity contribution in [3.8, 4) is 5.75 Å². The first-order chi connectivity index (χ1) is 16.1. The number of carbonyl (C=O) groups excluding carboxylic acids is 1. The van der Waals surface area contributed by atoms with Crippen LogP contribution in [-0.4, -0.2) is 24.0 Å². The van der Waals surface area contributed by atoms with Gasteiger partial charge in [-0.1, -0.05) is 41.6 Å². The van der Waals surface area contributed by atoms with Crippen molar-refractivity contribution < 1.29 is 14.3 Å². The summed E-state index contributed by atoms with van der Waals surface area (Å²) in [5.41, 5.74) is 2.52. The Morgan fingerprint density at radius 1 is 1.00 bits per heavy atom. The molecule has 0 radical (unpaired) electrons. The number of esters is 1. The maximum atomic E-state index is 12.6. The molecule has 0 bridgehead atoms. The quantitative estimate of drug-likeness (QED) is 0.248. The number of carbonyl (C=O) groups is 1. The molecule has 0 unspecified atom stereocenters. The van der Waals surface area contributed by atoms with Gasteiger partial charge in [-0.05, 0) is 60.7 Å². The molecule has 0 aliphatic carbocycles. The number of hydrogen-bond donors (Lipinski definition) is 0. The number of ether oxygens (including phenoxy) is 2. The second-order valence-corrected chi connectivity index (χ2v) is 8.70. The van der Waals surface area contributed by atoms with Crippen LogP contribution in [0.1, 0.15) is 11.1 Å². The average molecular weight is 473 g/mol. The van der Waals surface area contributed by atoms with Gasteiger partial charge in [0.15, 0.2) is 5.70 Å². The first kappa shape index (κ1) is 21.2. The summed E-state index contributed by atoms with van der Waals surface area (Å²) in [7, 11) is 1.62. The number of benzene rings is 3. The van der Waals surface area contributed by atoms with Crippen molar-refractivity contribution in [1.82, 2.24) is 4.98 Å². The van der Waals surface area contributed by atoms with Crippen molar-refractivity contribution in [3.63, 3.8) is 0 Å². The van der Waals surface area contributed by atoms with Gasteiger partial charge < -0.3 is 9.47 Å². The zero-order valence-corrected chi connectivity index (χ0v) is 19.1. The number of cyclic esters (lactones) is 1. The van der Waals surface area contributed by atoms with Crippen LogP contribution in [0.5, 0.6) is 5.75 Å². The standard InChI is InChI=1S/C26H17ClN2O3S/c1-31-20-10-7-17-13-18(14-23-26(30)32-24(28-23)16-5-3-2-4-6-16)25(29-22(17)15-20)33-21-11-8-19(27)9-12-21/h2-15H,1H3. The van der Waals surface area contributed by atoms with Crippen LogP contribution >= 0.6 is 23.4 Å². The van der Waals surface area contributed by atoms with E-state index in [4.69, 9.17) is 26.1 Å². The molecule has 162 valence electrons. The van der Waals surface area contributed by atoms with Gasteiger partial charge in [0, 0.05) is 32.5 Å². The number of rotatable bonds is 5. The van der Waals surface area contributed by atoms with Gasteiger partial charge in [-0.3, -0.25) is 0 Å². The number of nitrogens with zero attached hydrogens (tertiary/aromatic N) is 2. The molecule has 5 nitrogen and oxygen atoms in total. The second kappa shape index (κ2) is 9.10. The lowest BCUT2D eigenvalue weighted by atomic mass is 10.1. The van der Waals surface area contributed by atoms with Crippen molar-refractivity contribution in [3.05, 3.63) is 101 Å². The summed E-state index contributed by atoms with van der Waals surface area (Å²) < 4.78 is 10.8. The highest BCUT2D eigenvalue weighted by molar-refractivity contribution is 7.99. The number of fused-ring (bicyclic) bond motifs is 1.